The van der Waals surface area contributed by atoms with Crippen LogP contribution in [0.1, 0.15) is 22.3 Å². The van der Waals surface area contributed by atoms with Crippen LogP contribution in [0.5, 0.6) is 0 Å². The SMILES string of the molecule is COCCOCc1cc(C(=O)N2C[C@H]3COCC[C@@]3(C(=O)O)C2)ccc1F. The summed E-state index contributed by atoms with van der Waals surface area (Å²) in [5.41, 5.74) is -0.355. The van der Waals surface area contributed by atoms with Crippen LogP contribution >= 0.6 is 0 Å². The predicted octanol–water partition coefficient (Wildman–Crippen LogP) is 1.55. The summed E-state index contributed by atoms with van der Waals surface area (Å²) < 4.78 is 29.6. The van der Waals surface area contributed by atoms with Crippen molar-refractivity contribution in [2.75, 3.05) is 46.6 Å². The fourth-order valence-corrected chi connectivity index (χ4v) is 3.78. The molecule has 27 heavy (non-hydrogen) atoms. The van der Waals surface area contributed by atoms with Gasteiger partial charge in [0.1, 0.15) is 5.82 Å². The number of halogens is 1. The maximum absolute atomic E-state index is 14.0. The van der Waals surface area contributed by atoms with E-state index in [0.29, 0.717) is 45.0 Å². The molecule has 1 aromatic carbocycles. The lowest BCUT2D eigenvalue weighted by Gasteiger charge is -2.33. The van der Waals surface area contributed by atoms with E-state index in [4.69, 9.17) is 14.2 Å². The maximum atomic E-state index is 14.0. The monoisotopic (exact) mass is 381 g/mol. The van der Waals surface area contributed by atoms with E-state index < -0.39 is 17.2 Å². The highest BCUT2D eigenvalue weighted by Crippen LogP contribution is 2.42. The van der Waals surface area contributed by atoms with Crippen LogP contribution in [0.25, 0.3) is 0 Å². The van der Waals surface area contributed by atoms with Crippen LogP contribution in [-0.4, -0.2) is 68.5 Å². The average molecular weight is 381 g/mol. The molecule has 1 aromatic rings. The van der Waals surface area contributed by atoms with Gasteiger partial charge in [-0.2, -0.15) is 0 Å². The molecule has 2 aliphatic rings. The second kappa shape index (κ2) is 8.33. The summed E-state index contributed by atoms with van der Waals surface area (Å²) in [7, 11) is 1.55. The second-order valence-electron chi connectivity index (χ2n) is 7.02. The summed E-state index contributed by atoms with van der Waals surface area (Å²) in [6.07, 6.45) is 0.388. The Bertz CT molecular complexity index is 711. The first kappa shape index (κ1) is 19.7. The van der Waals surface area contributed by atoms with Crippen LogP contribution in [-0.2, 0) is 25.6 Å². The van der Waals surface area contributed by atoms with E-state index in [9.17, 15) is 19.1 Å². The molecule has 148 valence electrons. The Hall–Kier alpha value is -2.03. The molecule has 0 spiro atoms. The maximum Gasteiger partial charge on any atom is 0.311 e. The third-order valence-corrected chi connectivity index (χ3v) is 5.40. The highest BCUT2D eigenvalue weighted by molar-refractivity contribution is 5.95. The van der Waals surface area contributed by atoms with Gasteiger partial charge < -0.3 is 24.2 Å². The van der Waals surface area contributed by atoms with Gasteiger partial charge in [-0.15, -0.1) is 0 Å². The zero-order valence-corrected chi connectivity index (χ0v) is 15.3. The molecule has 0 bridgehead atoms. The van der Waals surface area contributed by atoms with Crippen LogP contribution in [0, 0.1) is 17.2 Å². The quantitative estimate of drug-likeness (QED) is 0.722. The average Bonchev–Trinajstić information content (AvgIpc) is 3.07. The minimum Gasteiger partial charge on any atom is -0.481 e. The van der Waals surface area contributed by atoms with Gasteiger partial charge >= 0.3 is 5.97 Å². The Morgan fingerprint density at radius 1 is 1.41 bits per heavy atom. The first-order valence-corrected chi connectivity index (χ1v) is 8.93. The molecule has 1 N–H and O–H groups in total. The van der Waals surface area contributed by atoms with Gasteiger partial charge in [0.15, 0.2) is 0 Å². The van der Waals surface area contributed by atoms with Crippen molar-refractivity contribution in [1.29, 1.82) is 0 Å². The molecule has 2 atom stereocenters. The lowest BCUT2D eigenvalue weighted by atomic mass is 9.74. The molecule has 2 fully saturated rings. The molecule has 0 radical (unpaired) electrons. The van der Waals surface area contributed by atoms with E-state index >= 15 is 0 Å². The Morgan fingerprint density at radius 2 is 2.22 bits per heavy atom. The Kier molecular flexibility index (Phi) is 6.08. The number of methoxy groups -OCH3 is 1. The molecule has 2 aliphatic heterocycles. The van der Waals surface area contributed by atoms with Crippen LogP contribution in [0.2, 0.25) is 0 Å². The largest absolute Gasteiger partial charge is 0.481 e. The van der Waals surface area contributed by atoms with Gasteiger partial charge in [0, 0.05) is 43.9 Å². The van der Waals surface area contributed by atoms with Gasteiger partial charge in [-0.1, -0.05) is 0 Å². The Labute approximate surface area is 157 Å². The zero-order chi connectivity index (χ0) is 19.4. The number of hydrogen-bond donors (Lipinski definition) is 1. The van der Waals surface area contributed by atoms with Crippen LogP contribution in [0.15, 0.2) is 18.2 Å². The van der Waals surface area contributed by atoms with Gasteiger partial charge in [0.25, 0.3) is 5.91 Å². The van der Waals surface area contributed by atoms with Gasteiger partial charge in [-0.25, -0.2) is 4.39 Å². The van der Waals surface area contributed by atoms with Crippen LogP contribution in [0.3, 0.4) is 0 Å². The van der Waals surface area contributed by atoms with E-state index in [1.807, 2.05) is 0 Å². The van der Waals surface area contributed by atoms with Gasteiger partial charge in [-0.3, -0.25) is 9.59 Å². The number of carboxylic acid groups (broad SMARTS) is 1. The van der Waals surface area contributed by atoms with Crippen LogP contribution < -0.4 is 0 Å². The van der Waals surface area contributed by atoms with Crippen molar-refractivity contribution >= 4 is 11.9 Å². The first-order valence-electron chi connectivity index (χ1n) is 8.93. The zero-order valence-electron chi connectivity index (χ0n) is 15.3. The van der Waals surface area contributed by atoms with Gasteiger partial charge in [0.05, 0.1) is 31.8 Å². The topological polar surface area (TPSA) is 85.3 Å². The van der Waals surface area contributed by atoms with Gasteiger partial charge in [0.2, 0.25) is 0 Å². The van der Waals surface area contributed by atoms with Crippen molar-refractivity contribution in [3.05, 3.63) is 35.1 Å². The highest BCUT2D eigenvalue weighted by Gasteiger charge is 2.54. The molecular formula is C19H24FNO6. The molecule has 0 saturated carbocycles. The number of rotatable bonds is 7. The van der Waals surface area contributed by atoms with Crippen molar-refractivity contribution in [2.24, 2.45) is 11.3 Å². The summed E-state index contributed by atoms with van der Waals surface area (Å²) >= 11 is 0. The number of likely N-dealkylation sites (tertiary alicyclic amines) is 1. The van der Waals surface area contributed by atoms with Crippen molar-refractivity contribution < 1.29 is 33.3 Å². The molecule has 0 aromatic heterocycles. The summed E-state index contributed by atoms with van der Waals surface area (Å²) in [5.74, 6) is -1.87. The number of ether oxygens (including phenoxy) is 3. The summed E-state index contributed by atoms with van der Waals surface area (Å²) in [5, 5.41) is 9.72. The fraction of sp³-hybridized carbons (Fsp3) is 0.579. The molecule has 0 aliphatic carbocycles. The predicted molar refractivity (Wildman–Crippen MR) is 92.8 cm³/mol. The molecule has 1 amide bonds. The van der Waals surface area contributed by atoms with E-state index in [2.05, 4.69) is 0 Å². The van der Waals surface area contributed by atoms with Crippen molar-refractivity contribution in [1.82, 2.24) is 4.90 Å². The Morgan fingerprint density at radius 3 is 2.93 bits per heavy atom. The minimum atomic E-state index is -0.958. The molecule has 7 nitrogen and oxygen atoms in total. The summed E-state index contributed by atoms with van der Waals surface area (Å²) in [6, 6.07) is 4.13. The number of carbonyl (C=O) groups excluding carboxylic acids is 1. The van der Waals surface area contributed by atoms with Crippen molar-refractivity contribution in [2.45, 2.75) is 13.0 Å². The summed E-state index contributed by atoms with van der Waals surface area (Å²) in [6.45, 7) is 1.93. The normalized spacial score (nSPS) is 24.7. The van der Waals surface area contributed by atoms with E-state index in [-0.39, 0.29) is 30.5 Å². The lowest BCUT2D eigenvalue weighted by molar-refractivity contribution is -0.157. The number of hydrogen-bond acceptors (Lipinski definition) is 5. The minimum absolute atomic E-state index is 0.0336. The summed E-state index contributed by atoms with van der Waals surface area (Å²) in [4.78, 5) is 26.3. The lowest BCUT2D eigenvalue weighted by Crippen LogP contribution is -2.45. The number of aliphatic carboxylic acids is 1. The highest BCUT2D eigenvalue weighted by atomic mass is 19.1. The molecule has 8 heteroatoms. The number of carbonyl (C=O) groups is 2. The number of amides is 1. The van der Waals surface area contributed by atoms with Gasteiger partial charge in [-0.05, 0) is 24.6 Å². The number of fused-ring (bicyclic) bond motifs is 1. The molecule has 2 saturated heterocycles. The van der Waals surface area contributed by atoms with E-state index in [1.165, 1.54) is 23.1 Å². The number of benzene rings is 1. The van der Waals surface area contributed by atoms with Crippen molar-refractivity contribution in [3.8, 4) is 0 Å². The van der Waals surface area contributed by atoms with E-state index in [1.54, 1.807) is 7.11 Å². The third-order valence-electron chi connectivity index (χ3n) is 5.40. The smallest absolute Gasteiger partial charge is 0.311 e. The Balaban J connectivity index is 1.73. The molecular weight excluding hydrogens is 357 g/mol. The standard InChI is InChI=1S/C19H24FNO6/c1-25-6-7-27-10-14-8-13(2-3-16(14)20)17(22)21-9-15-11-26-5-4-19(15,12-21)18(23)24/h2-3,8,15H,4-7,9-12H2,1H3,(H,23,24)/t15-,19+/m0/s1. The molecule has 2 heterocycles. The van der Waals surface area contributed by atoms with Crippen molar-refractivity contribution in [3.63, 3.8) is 0 Å². The second-order valence-corrected chi connectivity index (χ2v) is 7.02. The third kappa shape index (κ3) is 3.97. The fourth-order valence-electron chi connectivity index (χ4n) is 3.78. The number of carboxylic acids is 1. The van der Waals surface area contributed by atoms with E-state index in [0.717, 1.165) is 0 Å². The molecule has 0 unspecified atom stereocenters. The van der Waals surface area contributed by atoms with Crippen LogP contribution in [0.4, 0.5) is 4.39 Å². The number of nitrogens with zero attached hydrogens (tertiary/aromatic N) is 1. The molecule has 3 rings (SSSR count). The first-order chi connectivity index (χ1) is 13.0.